The molecule has 1 aliphatic heterocycles. The Labute approximate surface area is 165 Å². The number of rotatable bonds is 4. The first-order valence-corrected chi connectivity index (χ1v) is 10.7. The van der Waals surface area contributed by atoms with Crippen LogP contribution in [0.2, 0.25) is 0 Å². The van der Waals surface area contributed by atoms with Crippen molar-refractivity contribution in [3.05, 3.63) is 28.5 Å². The number of thiophene rings is 1. The lowest BCUT2D eigenvalue weighted by molar-refractivity contribution is -0.129. The Balaban J connectivity index is 1.44. The van der Waals surface area contributed by atoms with Gasteiger partial charge >= 0.3 is 0 Å². The fourth-order valence-corrected chi connectivity index (χ4v) is 5.39. The van der Waals surface area contributed by atoms with Gasteiger partial charge in [0.05, 0.1) is 11.7 Å². The van der Waals surface area contributed by atoms with Crippen LogP contribution in [0.1, 0.15) is 40.9 Å². The first kappa shape index (κ1) is 18.4. The molecule has 1 fully saturated rings. The van der Waals surface area contributed by atoms with E-state index in [-0.39, 0.29) is 11.8 Å². The molecule has 0 radical (unpaired) electrons. The van der Waals surface area contributed by atoms with Crippen LogP contribution in [0.25, 0.3) is 10.2 Å². The zero-order chi connectivity index (χ0) is 19.0. The number of hydrogen-bond donors (Lipinski definition) is 0. The van der Waals surface area contributed by atoms with E-state index in [0.717, 1.165) is 34.6 Å². The van der Waals surface area contributed by atoms with Crippen LogP contribution >= 0.6 is 23.1 Å². The highest BCUT2D eigenvalue weighted by Gasteiger charge is 2.28. The number of carbonyl (C=O) groups is 1. The predicted octanol–water partition coefficient (Wildman–Crippen LogP) is 3.50. The van der Waals surface area contributed by atoms with Crippen molar-refractivity contribution in [2.75, 3.05) is 18.8 Å². The van der Waals surface area contributed by atoms with Gasteiger partial charge in [-0.15, -0.1) is 11.3 Å². The Bertz CT molecular complexity index is 983. The molecule has 1 unspecified atom stereocenters. The van der Waals surface area contributed by atoms with Crippen LogP contribution in [0.15, 0.2) is 15.9 Å². The lowest BCUT2D eigenvalue weighted by atomic mass is 9.98. The molecule has 4 rings (SSSR count). The molecule has 142 valence electrons. The summed E-state index contributed by atoms with van der Waals surface area (Å²) in [5.41, 5.74) is 1.20. The van der Waals surface area contributed by atoms with E-state index in [1.54, 1.807) is 17.7 Å². The summed E-state index contributed by atoms with van der Waals surface area (Å²) in [6.07, 6.45) is 3.50. The minimum atomic E-state index is 0.123. The van der Waals surface area contributed by atoms with Crippen molar-refractivity contribution in [1.82, 2.24) is 25.0 Å². The topological polar surface area (TPSA) is 85.0 Å². The number of fused-ring (bicyclic) bond motifs is 1. The molecule has 0 saturated carbocycles. The van der Waals surface area contributed by atoms with E-state index in [0.29, 0.717) is 24.0 Å². The zero-order valence-electron chi connectivity index (χ0n) is 15.6. The molecule has 1 aliphatic rings. The Morgan fingerprint density at radius 2 is 2.22 bits per heavy atom. The Kier molecular flexibility index (Phi) is 5.14. The maximum atomic E-state index is 12.8. The van der Waals surface area contributed by atoms with Gasteiger partial charge in [0.25, 0.3) is 0 Å². The van der Waals surface area contributed by atoms with Gasteiger partial charge < -0.3 is 9.42 Å². The average Bonchev–Trinajstić information content (AvgIpc) is 3.23. The van der Waals surface area contributed by atoms with Crippen LogP contribution < -0.4 is 0 Å². The monoisotopic (exact) mass is 403 g/mol. The summed E-state index contributed by atoms with van der Waals surface area (Å²) in [5, 5.41) is 5.83. The van der Waals surface area contributed by atoms with Crippen molar-refractivity contribution in [2.45, 2.75) is 44.6 Å². The van der Waals surface area contributed by atoms with Crippen molar-refractivity contribution < 1.29 is 9.32 Å². The quantitative estimate of drug-likeness (QED) is 0.487. The summed E-state index contributed by atoms with van der Waals surface area (Å²) >= 11 is 3.17. The van der Waals surface area contributed by atoms with Crippen molar-refractivity contribution >= 4 is 39.2 Å². The minimum absolute atomic E-state index is 0.123. The number of hydrogen-bond acceptors (Lipinski definition) is 8. The smallest absolute Gasteiger partial charge is 0.233 e. The Morgan fingerprint density at radius 3 is 3.00 bits per heavy atom. The van der Waals surface area contributed by atoms with Crippen LogP contribution in [-0.4, -0.2) is 49.8 Å². The van der Waals surface area contributed by atoms with Gasteiger partial charge in [-0.3, -0.25) is 4.79 Å². The molecule has 1 saturated heterocycles. The molecule has 0 aliphatic carbocycles. The fourth-order valence-electron chi connectivity index (χ4n) is 3.37. The number of aromatic nitrogens is 4. The molecule has 1 amide bonds. The maximum absolute atomic E-state index is 12.8. The number of likely N-dealkylation sites (tertiary alicyclic amines) is 1. The third kappa shape index (κ3) is 3.70. The normalized spacial score (nSPS) is 17.6. The van der Waals surface area contributed by atoms with E-state index < -0.39 is 0 Å². The van der Waals surface area contributed by atoms with Crippen molar-refractivity contribution in [2.24, 2.45) is 0 Å². The molecule has 3 aromatic rings. The van der Waals surface area contributed by atoms with Gasteiger partial charge in [0, 0.05) is 23.4 Å². The number of carbonyl (C=O) groups excluding carboxylic acids is 1. The lowest BCUT2D eigenvalue weighted by Crippen LogP contribution is -2.40. The van der Waals surface area contributed by atoms with Crippen molar-refractivity contribution in [3.63, 3.8) is 0 Å². The van der Waals surface area contributed by atoms with E-state index in [2.05, 4.69) is 34.0 Å². The van der Waals surface area contributed by atoms with Gasteiger partial charge in [0.15, 0.2) is 5.82 Å². The van der Waals surface area contributed by atoms with Crippen LogP contribution in [-0.2, 0) is 4.79 Å². The summed E-state index contributed by atoms with van der Waals surface area (Å²) in [5.74, 6) is 1.90. The SMILES string of the molecule is Cc1noc(C2CCCN(C(=O)CSc3ncnc4sc(C)c(C)c34)C2)n1. The molecule has 0 spiro atoms. The molecular formula is C18H21N5O2S2. The number of amides is 1. The number of aryl methyl sites for hydroxylation is 3. The Hall–Kier alpha value is -2.00. The van der Waals surface area contributed by atoms with Gasteiger partial charge in [0.2, 0.25) is 11.8 Å². The zero-order valence-corrected chi connectivity index (χ0v) is 17.2. The first-order chi connectivity index (χ1) is 13.0. The largest absolute Gasteiger partial charge is 0.341 e. The van der Waals surface area contributed by atoms with Crippen LogP contribution in [0, 0.1) is 20.8 Å². The molecule has 3 aromatic heterocycles. The number of nitrogens with zero attached hydrogens (tertiary/aromatic N) is 5. The molecule has 7 nitrogen and oxygen atoms in total. The average molecular weight is 404 g/mol. The van der Waals surface area contributed by atoms with Crippen LogP contribution in [0.3, 0.4) is 0 Å². The van der Waals surface area contributed by atoms with Crippen LogP contribution in [0.5, 0.6) is 0 Å². The van der Waals surface area contributed by atoms with Crippen LogP contribution in [0.4, 0.5) is 0 Å². The highest BCUT2D eigenvalue weighted by atomic mass is 32.2. The van der Waals surface area contributed by atoms with Gasteiger partial charge in [0.1, 0.15) is 16.2 Å². The molecule has 9 heteroatoms. The van der Waals surface area contributed by atoms with Gasteiger partial charge in [-0.05, 0) is 39.2 Å². The van der Waals surface area contributed by atoms with Crippen molar-refractivity contribution in [3.8, 4) is 0 Å². The third-order valence-corrected chi connectivity index (χ3v) is 7.02. The molecule has 27 heavy (non-hydrogen) atoms. The molecule has 0 bridgehead atoms. The molecule has 0 aromatic carbocycles. The molecular weight excluding hydrogens is 382 g/mol. The highest BCUT2D eigenvalue weighted by Crippen LogP contribution is 2.34. The molecule has 4 heterocycles. The van der Waals surface area contributed by atoms with E-state index in [9.17, 15) is 4.79 Å². The summed E-state index contributed by atoms with van der Waals surface area (Å²) < 4.78 is 5.30. The second kappa shape index (κ2) is 7.55. The van der Waals surface area contributed by atoms with E-state index in [4.69, 9.17) is 4.52 Å². The summed E-state index contributed by atoms with van der Waals surface area (Å²) in [6.45, 7) is 7.40. The van der Waals surface area contributed by atoms with Gasteiger partial charge in [-0.2, -0.15) is 4.98 Å². The summed E-state index contributed by atoms with van der Waals surface area (Å²) in [4.78, 5) is 30.0. The van der Waals surface area contributed by atoms with E-state index >= 15 is 0 Å². The molecule has 1 atom stereocenters. The summed E-state index contributed by atoms with van der Waals surface area (Å²) in [7, 11) is 0. The lowest BCUT2D eigenvalue weighted by Gasteiger charge is -2.31. The minimum Gasteiger partial charge on any atom is -0.341 e. The van der Waals surface area contributed by atoms with E-state index in [1.165, 1.54) is 22.2 Å². The predicted molar refractivity (Wildman–Crippen MR) is 105 cm³/mol. The van der Waals surface area contributed by atoms with E-state index in [1.807, 2.05) is 11.8 Å². The molecule has 0 N–H and O–H groups in total. The first-order valence-electron chi connectivity index (χ1n) is 8.94. The van der Waals surface area contributed by atoms with Gasteiger partial charge in [-0.25, -0.2) is 9.97 Å². The number of thioether (sulfide) groups is 1. The second-order valence-corrected chi connectivity index (χ2v) is 8.96. The highest BCUT2D eigenvalue weighted by molar-refractivity contribution is 8.00. The number of piperidine rings is 1. The Morgan fingerprint density at radius 1 is 1.37 bits per heavy atom. The maximum Gasteiger partial charge on any atom is 0.233 e. The standard InChI is InChI=1S/C18H21N5O2S2/c1-10-11(2)27-18-15(10)17(19-9-20-18)26-8-14(24)23-6-4-5-13(7-23)16-21-12(3)22-25-16/h9,13H,4-8H2,1-3H3. The second-order valence-electron chi connectivity index (χ2n) is 6.79. The third-order valence-electron chi connectivity index (χ3n) is 4.93. The van der Waals surface area contributed by atoms with Crippen molar-refractivity contribution in [1.29, 1.82) is 0 Å². The van der Waals surface area contributed by atoms with Gasteiger partial charge in [-0.1, -0.05) is 16.9 Å². The fraction of sp³-hybridized carbons (Fsp3) is 0.500. The summed E-state index contributed by atoms with van der Waals surface area (Å²) in [6, 6.07) is 0.